The van der Waals surface area contributed by atoms with Gasteiger partial charge in [-0.2, -0.15) is 0 Å². The number of amidine groups is 1. The third kappa shape index (κ3) is 1.02. The molecule has 2 heteroatoms. The predicted octanol–water partition coefficient (Wildman–Crippen LogP) is 1.36. The van der Waals surface area contributed by atoms with Gasteiger partial charge in [-0.15, -0.1) is 0 Å². The smallest absolute Gasteiger partial charge is 0.0942 e. The van der Waals surface area contributed by atoms with Crippen molar-refractivity contribution in [3.8, 4) is 0 Å². The van der Waals surface area contributed by atoms with Gasteiger partial charge >= 0.3 is 0 Å². The van der Waals surface area contributed by atoms with Crippen LogP contribution in [0, 0.1) is 23.2 Å². The lowest BCUT2D eigenvalue weighted by Crippen LogP contribution is -2.25. The van der Waals surface area contributed by atoms with Crippen LogP contribution in [-0.2, 0) is 0 Å². The summed E-state index contributed by atoms with van der Waals surface area (Å²) in [6, 6.07) is 0. The number of nitrogens with one attached hydrogen (secondary N) is 1. The van der Waals surface area contributed by atoms with E-state index in [2.05, 4.69) is 0 Å². The lowest BCUT2D eigenvalue weighted by atomic mass is 9.97. The van der Waals surface area contributed by atoms with Crippen molar-refractivity contribution >= 4 is 5.84 Å². The van der Waals surface area contributed by atoms with Crippen molar-refractivity contribution in [3.05, 3.63) is 0 Å². The van der Waals surface area contributed by atoms with Gasteiger partial charge in [0.1, 0.15) is 0 Å². The van der Waals surface area contributed by atoms with Crippen LogP contribution in [0.25, 0.3) is 0 Å². The zero-order chi connectivity index (χ0) is 7.14. The van der Waals surface area contributed by atoms with Crippen molar-refractivity contribution in [2.45, 2.75) is 25.7 Å². The summed E-state index contributed by atoms with van der Waals surface area (Å²) in [7, 11) is 0. The summed E-state index contributed by atoms with van der Waals surface area (Å²) in [5, 5.41) is 7.37. The maximum absolute atomic E-state index is 7.37. The lowest BCUT2D eigenvalue weighted by molar-refractivity contribution is 0.528. The molecule has 0 atom stereocenters. The number of nitrogens with two attached hydrogens (primary N) is 1. The highest BCUT2D eigenvalue weighted by molar-refractivity contribution is 5.80. The Hall–Kier alpha value is -0.530. The van der Waals surface area contributed by atoms with E-state index in [0.29, 0.717) is 11.8 Å². The van der Waals surface area contributed by atoms with Gasteiger partial charge in [-0.1, -0.05) is 0 Å². The molecule has 10 heavy (non-hydrogen) atoms. The van der Waals surface area contributed by atoms with Gasteiger partial charge in [0, 0.05) is 5.92 Å². The molecule has 0 bridgehead atoms. The van der Waals surface area contributed by atoms with Crippen molar-refractivity contribution < 1.29 is 0 Å². The summed E-state index contributed by atoms with van der Waals surface area (Å²) < 4.78 is 0. The van der Waals surface area contributed by atoms with E-state index in [-0.39, 0.29) is 0 Å². The molecule has 0 aliphatic heterocycles. The second-order valence-electron chi connectivity index (χ2n) is 3.66. The number of hydrogen-bond donors (Lipinski definition) is 2. The molecule has 3 N–H and O–H groups in total. The standard InChI is InChI=1S/C8H14N2/c9-8(10)7(5-1-2-5)6-3-4-6/h5-7H,1-4H2,(H3,9,10). The van der Waals surface area contributed by atoms with E-state index < -0.39 is 0 Å². The first-order valence-electron chi connectivity index (χ1n) is 4.13. The van der Waals surface area contributed by atoms with Crippen molar-refractivity contribution in [1.82, 2.24) is 0 Å². The second kappa shape index (κ2) is 1.97. The Balaban J connectivity index is 1.98. The second-order valence-corrected chi connectivity index (χ2v) is 3.66. The van der Waals surface area contributed by atoms with Crippen LogP contribution in [0.1, 0.15) is 25.7 Å². The van der Waals surface area contributed by atoms with E-state index >= 15 is 0 Å². The summed E-state index contributed by atoms with van der Waals surface area (Å²) in [6.45, 7) is 0. The van der Waals surface area contributed by atoms with Crippen molar-refractivity contribution in [3.63, 3.8) is 0 Å². The maximum Gasteiger partial charge on any atom is 0.0942 e. The molecule has 0 radical (unpaired) electrons. The van der Waals surface area contributed by atoms with Gasteiger partial charge in [-0.25, -0.2) is 0 Å². The minimum atomic E-state index is 0.449. The molecule has 0 heterocycles. The van der Waals surface area contributed by atoms with Gasteiger partial charge < -0.3 is 5.73 Å². The SMILES string of the molecule is N=C(N)C(C1CC1)C1CC1. The summed E-state index contributed by atoms with van der Waals surface area (Å²) >= 11 is 0. The van der Waals surface area contributed by atoms with Gasteiger partial charge in [0.25, 0.3) is 0 Å². The van der Waals surface area contributed by atoms with Crippen LogP contribution < -0.4 is 5.73 Å². The highest BCUT2D eigenvalue weighted by Crippen LogP contribution is 2.48. The molecule has 2 aliphatic carbocycles. The van der Waals surface area contributed by atoms with Crippen LogP contribution in [0.2, 0.25) is 0 Å². The molecule has 2 nitrogen and oxygen atoms in total. The van der Waals surface area contributed by atoms with Crippen LogP contribution >= 0.6 is 0 Å². The Bertz CT molecular complexity index is 145. The van der Waals surface area contributed by atoms with Gasteiger partial charge in [0.2, 0.25) is 0 Å². The Morgan fingerprint density at radius 3 is 1.80 bits per heavy atom. The van der Waals surface area contributed by atoms with Crippen molar-refractivity contribution in [2.24, 2.45) is 23.5 Å². The maximum atomic E-state index is 7.37. The van der Waals surface area contributed by atoms with Crippen LogP contribution in [0.15, 0.2) is 0 Å². The molecule has 0 aromatic rings. The van der Waals surface area contributed by atoms with Crippen molar-refractivity contribution in [1.29, 1.82) is 5.41 Å². The van der Waals surface area contributed by atoms with E-state index in [4.69, 9.17) is 11.1 Å². The number of rotatable bonds is 3. The highest BCUT2D eigenvalue weighted by atomic mass is 14.7. The summed E-state index contributed by atoms with van der Waals surface area (Å²) in [4.78, 5) is 0. The first-order valence-corrected chi connectivity index (χ1v) is 4.13. The average molecular weight is 138 g/mol. The molecule has 0 aromatic carbocycles. The van der Waals surface area contributed by atoms with Gasteiger partial charge in [0.15, 0.2) is 0 Å². The minimum absolute atomic E-state index is 0.449. The van der Waals surface area contributed by atoms with Crippen LogP contribution in [0.5, 0.6) is 0 Å². The van der Waals surface area contributed by atoms with Gasteiger partial charge in [0.05, 0.1) is 5.84 Å². The molecular formula is C8H14N2. The van der Waals surface area contributed by atoms with E-state index in [0.717, 1.165) is 11.8 Å². The average Bonchev–Trinajstić information content (AvgIpc) is 2.49. The van der Waals surface area contributed by atoms with Crippen LogP contribution in [0.4, 0.5) is 0 Å². The van der Waals surface area contributed by atoms with E-state index in [9.17, 15) is 0 Å². The van der Waals surface area contributed by atoms with Crippen LogP contribution in [-0.4, -0.2) is 5.84 Å². The lowest BCUT2D eigenvalue weighted by Gasteiger charge is -2.11. The molecule has 0 amide bonds. The zero-order valence-electron chi connectivity index (χ0n) is 6.14. The molecule has 0 spiro atoms. The molecule has 0 saturated heterocycles. The largest absolute Gasteiger partial charge is 0.387 e. The highest BCUT2D eigenvalue weighted by Gasteiger charge is 2.42. The first-order chi connectivity index (χ1) is 4.79. The number of hydrogen-bond acceptors (Lipinski definition) is 1. The van der Waals surface area contributed by atoms with Crippen LogP contribution in [0.3, 0.4) is 0 Å². The third-order valence-electron chi connectivity index (χ3n) is 2.62. The minimum Gasteiger partial charge on any atom is -0.387 e. The molecule has 2 aliphatic rings. The Morgan fingerprint density at radius 2 is 1.60 bits per heavy atom. The molecule has 2 rings (SSSR count). The van der Waals surface area contributed by atoms with Crippen molar-refractivity contribution in [2.75, 3.05) is 0 Å². The summed E-state index contributed by atoms with van der Waals surface area (Å²) in [6.07, 6.45) is 5.28. The quantitative estimate of drug-likeness (QED) is 0.449. The normalized spacial score (nSPS) is 25.3. The molecule has 2 saturated carbocycles. The third-order valence-corrected chi connectivity index (χ3v) is 2.62. The summed E-state index contributed by atoms with van der Waals surface area (Å²) in [5.74, 6) is 2.51. The zero-order valence-corrected chi connectivity index (χ0v) is 6.14. The fourth-order valence-corrected chi connectivity index (χ4v) is 1.80. The Kier molecular flexibility index (Phi) is 1.22. The molecule has 2 fully saturated rings. The molecule has 0 unspecified atom stereocenters. The Labute approximate surface area is 61.3 Å². The van der Waals surface area contributed by atoms with E-state index in [1.807, 2.05) is 0 Å². The fourth-order valence-electron chi connectivity index (χ4n) is 1.80. The summed E-state index contributed by atoms with van der Waals surface area (Å²) in [5.41, 5.74) is 5.50. The molecular weight excluding hydrogens is 124 g/mol. The Morgan fingerprint density at radius 1 is 1.20 bits per heavy atom. The fraction of sp³-hybridized carbons (Fsp3) is 0.875. The van der Waals surface area contributed by atoms with Gasteiger partial charge in [-0.05, 0) is 37.5 Å². The molecule has 56 valence electrons. The predicted molar refractivity (Wildman–Crippen MR) is 40.9 cm³/mol. The van der Waals surface area contributed by atoms with Gasteiger partial charge in [-0.3, -0.25) is 5.41 Å². The topological polar surface area (TPSA) is 49.9 Å². The van der Waals surface area contributed by atoms with E-state index in [1.54, 1.807) is 0 Å². The monoisotopic (exact) mass is 138 g/mol. The first kappa shape index (κ1) is 6.20. The molecule has 0 aromatic heterocycles. The van der Waals surface area contributed by atoms with E-state index in [1.165, 1.54) is 25.7 Å².